The number of Topliss-reactive ketones (excluding diaryl/α,β-unsaturated/α-hetero) is 2. The summed E-state index contributed by atoms with van der Waals surface area (Å²) < 4.78 is 22.3. The summed E-state index contributed by atoms with van der Waals surface area (Å²) in [4.78, 5) is 80.8. The molecular weight excluding hydrogens is 862 g/mol. The Bertz CT molecular complexity index is 2150. The van der Waals surface area contributed by atoms with Crippen LogP contribution in [0.5, 0.6) is 0 Å². The van der Waals surface area contributed by atoms with Crippen LogP contribution in [0.2, 0.25) is 0 Å². The second-order valence-corrected chi connectivity index (χ2v) is 21.5. The molecule has 0 spiro atoms. The van der Waals surface area contributed by atoms with E-state index in [9.17, 15) is 69.0 Å². The van der Waals surface area contributed by atoms with E-state index in [1.54, 1.807) is 19.9 Å². The molecule has 0 bridgehead atoms. The number of hydrogen-bond acceptors (Lipinski definition) is 14. The van der Waals surface area contributed by atoms with E-state index >= 15 is 0 Å². The molecule has 0 aromatic rings. The fourth-order valence-electron chi connectivity index (χ4n) is 14.8. The molecular formula is C46H64NaO16P. The second-order valence-electron chi connectivity index (χ2n) is 20.4. The molecule has 16 nitrogen and oxygen atoms in total. The van der Waals surface area contributed by atoms with Crippen LogP contribution in [0.3, 0.4) is 0 Å². The third-order valence-electron chi connectivity index (χ3n) is 17.7. The van der Waals surface area contributed by atoms with Crippen molar-refractivity contribution in [3.63, 3.8) is 0 Å². The molecule has 6 saturated carbocycles. The quantitative estimate of drug-likeness (QED) is 0.0880. The summed E-state index contributed by atoms with van der Waals surface area (Å²) in [6.07, 6.45) is 8.78. The van der Waals surface area contributed by atoms with Gasteiger partial charge in [-0.15, -0.1) is 0 Å². The number of phosphoric acid groups is 1. The Morgan fingerprint density at radius 2 is 1.12 bits per heavy atom. The summed E-state index contributed by atoms with van der Waals surface area (Å²) in [5.41, 5.74) is -5.56. The standard InChI is InChI=1S/C25H34O7.C21H29O9P.Na.H/c1-4-5-21(30)32-20-11-15(27)10-14-6-7-16-17-8-9-25(31,19(29)13-26)23(17,2)12-18(28)22(16)24(14,20)3;1-19-9-15(24)18-13(14(19)5-6-21(19,26)16(25)10-22)4-3-11-7-12(23)8-17(20(11,18)2)30-31(27,28)29;;/h10-11,16-18,22,26,28,31H,4-9,12-13H2,1-3H3;7-8,13-15,18,22,24,26H,3-6,9-10H2,1-2H3,(H2,27,28,29);;/q;;+1;-1/t16-,17-,18-,22+,23-,24+,25-;13-,14-,15-,18+,19-,20+,21-;;/m00../s1. The van der Waals surface area contributed by atoms with Gasteiger partial charge in [-0.05, 0) is 120 Å². The Balaban J connectivity index is 0.000000237. The normalized spacial score (nSPS) is 43.0. The minimum absolute atomic E-state index is 0. The number of carbonyl (C=O) groups is 5. The Morgan fingerprint density at radius 1 is 0.719 bits per heavy atom. The summed E-state index contributed by atoms with van der Waals surface area (Å²) in [5, 5.41) is 64.2. The van der Waals surface area contributed by atoms with Gasteiger partial charge >= 0.3 is 43.3 Å². The van der Waals surface area contributed by atoms with Crippen molar-refractivity contribution < 1.29 is 109 Å². The molecule has 0 aliphatic heterocycles. The summed E-state index contributed by atoms with van der Waals surface area (Å²) in [6, 6.07) is 0. The SMILES string of the molecule is CCCC(=O)OC1=CC(=O)C=C2CC[C@@H]3[C@H]([C@@H](O)C[C@@]4(C)[C@H]3CC[C@]4(O)C(=O)CO)[C@]21C.C[C@@]12C(=CC(=O)C=C1OP(=O)(O)O)CC[C@@H]1[C@@H]2[C@@H](O)C[C@@]2(C)[C@H]1CC[C@]2(O)C(=O)CO.[H-].[Na+]. The maximum absolute atomic E-state index is 12.5. The van der Waals surface area contributed by atoms with Gasteiger partial charge in [0.15, 0.2) is 23.1 Å². The van der Waals surface area contributed by atoms with Crippen LogP contribution in [-0.2, 0) is 37.8 Å². The van der Waals surface area contributed by atoms with Gasteiger partial charge in [-0.25, -0.2) is 4.57 Å². The number of aliphatic hydroxyl groups excluding tert-OH is 4. The third-order valence-corrected chi connectivity index (χ3v) is 18.1. The van der Waals surface area contributed by atoms with Crippen LogP contribution in [0.4, 0.5) is 0 Å². The number of hydrogen-bond donors (Lipinski definition) is 8. The third kappa shape index (κ3) is 7.71. The number of ketones is 4. The average Bonchev–Trinajstić information content (AvgIpc) is 3.63. The van der Waals surface area contributed by atoms with Gasteiger partial charge in [0, 0.05) is 41.2 Å². The molecule has 0 heterocycles. The van der Waals surface area contributed by atoms with E-state index in [4.69, 9.17) is 9.26 Å². The van der Waals surface area contributed by atoms with Crippen molar-refractivity contribution in [3.8, 4) is 0 Å². The molecule has 64 heavy (non-hydrogen) atoms. The van der Waals surface area contributed by atoms with Gasteiger partial charge in [-0.3, -0.25) is 33.8 Å². The van der Waals surface area contributed by atoms with Crippen LogP contribution in [-0.4, -0.2) is 106 Å². The van der Waals surface area contributed by atoms with Gasteiger partial charge in [0.2, 0.25) is 0 Å². The average molecular weight is 927 g/mol. The zero-order valence-corrected chi connectivity index (χ0v) is 40.5. The van der Waals surface area contributed by atoms with Gasteiger partial charge in [0.1, 0.15) is 35.9 Å². The Kier molecular flexibility index (Phi) is 14.2. The molecule has 0 aromatic heterocycles. The predicted octanol–water partition coefficient (Wildman–Crippen LogP) is 0.340. The summed E-state index contributed by atoms with van der Waals surface area (Å²) >= 11 is 0. The number of phosphoric ester groups is 1. The van der Waals surface area contributed by atoms with Crippen LogP contribution in [0.25, 0.3) is 0 Å². The van der Waals surface area contributed by atoms with Gasteiger partial charge in [-0.2, -0.15) is 0 Å². The van der Waals surface area contributed by atoms with Crippen molar-refractivity contribution in [3.05, 3.63) is 47.0 Å². The van der Waals surface area contributed by atoms with Gasteiger partial charge in [-0.1, -0.05) is 31.9 Å². The number of esters is 1. The molecule has 14 atom stereocenters. The van der Waals surface area contributed by atoms with E-state index in [0.717, 1.165) is 18.1 Å². The molecule has 0 aromatic carbocycles. The fraction of sp³-hybridized carbons (Fsp3) is 0.717. The van der Waals surface area contributed by atoms with Crippen molar-refractivity contribution in [1.82, 2.24) is 0 Å². The molecule has 350 valence electrons. The van der Waals surface area contributed by atoms with E-state index in [2.05, 4.69) is 0 Å². The van der Waals surface area contributed by atoms with Crippen LogP contribution in [0.15, 0.2) is 47.0 Å². The van der Waals surface area contributed by atoms with Crippen LogP contribution in [0, 0.1) is 57.2 Å². The Hall–Kier alpha value is -2.18. The first-order valence-corrected chi connectivity index (χ1v) is 23.8. The number of carbonyl (C=O) groups excluding carboxylic acids is 5. The monoisotopic (exact) mass is 926 g/mol. The van der Waals surface area contributed by atoms with Crippen molar-refractivity contribution >= 4 is 36.9 Å². The molecule has 0 unspecified atom stereocenters. The molecule has 0 amide bonds. The maximum Gasteiger partial charge on any atom is 1.00 e. The van der Waals surface area contributed by atoms with E-state index in [0.29, 0.717) is 49.9 Å². The largest absolute Gasteiger partial charge is 1.00 e. The van der Waals surface area contributed by atoms with Crippen molar-refractivity contribution in [2.75, 3.05) is 13.2 Å². The van der Waals surface area contributed by atoms with E-state index in [1.165, 1.54) is 12.2 Å². The predicted molar refractivity (Wildman–Crippen MR) is 223 cm³/mol. The molecule has 8 aliphatic rings. The number of aliphatic hydroxyl groups is 6. The fourth-order valence-corrected chi connectivity index (χ4v) is 15.3. The summed E-state index contributed by atoms with van der Waals surface area (Å²) in [7, 11) is -4.95. The first-order valence-electron chi connectivity index (χ1n) is 22.3. The number of rotatable bonds is 9. The topological polar surface area (TPSA) is 283 Å². The van der Waals surface area contributed by atoms with Crippen molar-refractivity contribution in [2.24, 2.45) is 57.2 Å². The van der Waals surface area contributed by atoms with Crippen molar-refractivity contribution in [1.29, 1.82) is 0 Å². The molecule has 8 aliphatic carbocycles. The second kappa shape index (κ2) is 17.7. The van der Waals surface area contributed by atoms with E-state index in [1.807, 2.05) is 20.8 Å². The van der Waals surface area contributed by atoms with E-state index in [-0.39, 0.29) is 104 Å². The van der Waals surface area contributed by atoms with Gasteiger partial charge in [0.05, 0.1) is 23.0 Å². The van der Waals surface area contributed by atoms with Gasteiger partial charge in [0.25, 0.3) is 0 Å². The maximum atomic E-state index is 12.5. The van der Waals surface area contributed by atoms with Crippen LogP contribution >= 0.6 is 7.82 Å². The molecule has 8 N–H and O–H groups in total. The molecule has 8 rings (SSSR count). The summed E-state index contributed by atoms with van der Waals surface area (Å²) in [6.45, 7) is 7.68. The number of fused-ring (bicyclic) bond motifs is 10. The minimum Gasteiger partial charge on any atom is -1.00 e. The van der Waals surface area contributed by atoms with Crippen LogP contribution in [0.1, 0.15) is 113 Å². The molecule has 0 saturated heterocycles. The molecule has 0 radical (unpaired) electrons. The van der Waals surface area contributed by atoms with E-state index < -0.39 is 95.3 Å². The summed E-state index contributed by atoms with van der Waals surface area (Å²) in [5.74, 6) is -3.31. The number of allylic oxidation sites excluding steroid dienone is 6. The minimum atomic E-state index is -4.95. The Labute approximate surface area is 396 Å². The Morgan fingerprint density at radius 3 is 1.52 bits per heavy atom. The zero-order valence-electron chi connectivity index (χ0n) is 38.6. The molecule has 6 fully saturated rings. The number of ether oxygens (including phenoxy) is 1. The first kappa shape index (κ1) is 51.2. The first-order chi connectivity index (χ1) is 29.3. The zero-order chi connectivity index (χ0) is 46.5. The molecule has 18 heteroatoms. The van der Waals surface area contributed by atoms with Crippen molar-refractivity contribution in [2.45, 2.75) is 135 Å². The van der Waals surface area contributed by atoms with Gasteiger partial charge < -0.3 is 41.3 Å². The van der Waals surface area contributed by atoms with Crippen LogP contribution < -0.4 is 29.6 Å². The smallest absolute Gasteiger partial charge is 1.00 e.